The van der Waals surface area contributed by atoms with Crippen molar-refractivity contribution in [2.24, 2.45) is 5.16 Å². The fraction of sp³-hybridized carbons (Fsp3) is 0.0588. The Morgan fingerprint density at radius 2 is 2.00 bits per heavy atom. The molecule has 0 atom stereocenters. The van der Waals surface area contributed by atoms with E-state index in [1.54, 1.807) is 24.3 Å². The first-order chi connectivity index (χ1) is 11.7. The van der Waals surface area contributed by atoms with Gasteiger partial charge in [0.05, 0.1) is 16.6 Å². The molecule has 1 heterocycles. The van der Waals surface area contributed by atoms with Crippen LogP contribution in [-0.4, -0.2) is 16.7 Å². The highest BCUT2D eigenvalue weighted by Crippen LogP contribution is 2.22. The summed E-state index contributed by atoms with van der Waals surface area (Å²) in [7, 11) is 0. The van der Waals surface area contributed by atoms with Crippen molar-refractivity contribution >= 4 is 44.8 Å². The number of hydrogen-bond donors (Lipinski definition) is 0. The van der Waals surface area contributed by atoms with Gasteiger partial charge in [-0.2, -0.15) is 5.26 Å². The van der Waals surface area contributed by atoms with Crippen molar-refractivity contribution in [1.29, 1.82) is 5.26 Å². The molecule has 0 bridgehead atoms. The van der Waals surface area contributed by atoms with Crippen LogP contribution in [0.3, 0.4) is 0 Å². The van der Waals surface area contributed by atoms with Crippen LogP contribution in [0.15, 0.2) is 53.7 Å². The average Bonchev–Trinajstić information content (AvgIpc) is 3.01. The zero-order valence-corrected chi connectivity index (χ0v) is 13.8. The summed E-state index contributed by atoms with van der Waals surface area (Å²) in [4.78, 5) is 21.0. The number of aromatic nitrogens is 1. The van der Waals surface area contributed by atoms with E-state index >= 15 is 0 Å². The third-order valence-corrected chi connectivity index (χ3v) is 4.40. The molecule has 5 nitrogen and oxygen atoms in total. The summed E-state index contributed by atoms with van der Waals surface area (Å²) in [6, 6.07) is 16.2. The molecule has 0 radical (unpaired) electrons. The minimum absolute atomic E-state index is 0.0272. The lowest BCUT2D eigenvalue weighted by molar-refractivity contribution is -0.142. The Hall–Kier alpha value is -2.75. The lowest BCUT2D eigenvalue weighted by Gasteiger charge is -1.99. The summed E-state index contributed by atoms with van der Waals surface area (Å²) >= 11 is 7.11. The number of benzene rings is 2. The van der Waals surface area contributed by atoms with E-state index < -0.39 is 5.97 Å². The van der Waals surface area contributed by atoms with Gasteiger partial charge in [0.25, 0.3) is 0 Å². The number of halogens is 1. The maximum Gasteiger partial charge on any atom is 0.339 e. The van der Waals surface area contributed by atoms with Crippen molar-refractivity contribution in [2.45, 2.75) is 6.42 Å². The molecule has 0 aliphatic carbocycles. The normalized spacial score (nSPS) is 11.2. The van der Waals surface area contributed by atoms with Crippen molar-refractivity contribution in [2.75, 3.05) is 0 Å². The summed E-state index contributed by atoms with van der Waals surface area (Å²) < 4.78 is 0.933. The smallest absolute Gasteiger partial charge is 0.316 e. The molecule has 3 aromatic rings. The first-order valence-electron chi connectivity index (χ1n) is 6.94. The highest BCUT2D eigenvalue weighted by molar-refractivity contribution is 7.20. The summed E-state index contributed by atoms with van der Waals surface area (Å²) in [5.41, 5.74) is 1.49. The molecule has 0 spiro atoms. The average molecular weight is 356 g/mol. The van der Waals surface area contributed by atoms with Crippen LogP contribution in [0, 0.1) is 11.3 Å². The first-order valence-corrected chi connectivity index (χ1v) is 8.13. The second-order valence-corrected chi connectivity index (χ2v) is 6.27. The highest BCUT2D eigenvalue weighted by atomic mass is 35.5. The minimum atomic E-state index is -0.564. The number of oxime groups is 1. The zero-order chi connectivity index (χ0) is 16.9. The molecule has 7 heteroatoms. The van der Waals surface area contributed by atoms with Crippen LogP contribution < -0.4 is 0 Å². The lowest BCUT2D eigenvalue weighted by Crippen LogP contribution is -2.07. The van der Waals surface area contributed by atoms with E-state index in [-0.39, 0.29) is 12.1 Å². The molecule has 0 aliphatic heterocycles. The standard InChI is InChI=1S/C17H10ClN3O2S/c18-12-7-5-11(6-8-12)9-16(22)23-21-14(10-19)17-20-13-3-1-2-4-15(13)24-17/h1-8H,9H2/b21-14-. The van der Waals surface area contributed by atoms with E-state index in [1.165, 1.54) is 11.3 Å². The van der Waals surface area contributed by atoms with Gasteiger partial charge in [-0.1, -0.05) is 41.0 Å². The second kappa shape index (κ2) is 7.21. The topological polar surface area (TPSA) is 75.3 Å². The van der Waals surface area contributed by atoms with Gasteiger partial charge < -0.3 is 4.84 Å². The molecule has 24 heavy (non-hydrogen) atoms. The monoisotopic (exact) mass is 355 g/mol. The summed E-state index contributed by atoms with van der Waals surface area (Å²) in [5, 5.41) is 13.9. The molecule has 3 rings (SSSR count). The fourth-order valence-electron chi connectivity index (χ4n) is 1.98. The van der Waals surface area contributed by atoms with E-state index in [1.807, 2.05) is 30.3 Å². The van der Waals surface area contributed by atoms with Crippen LogP contribution in [-0.2, 0) is 16.1 Å². The van der Waals surface area contributed by atoms with Crippen molar-refractivity contribution in [1.82, 2.24) is 4.98 Å². The van der Waals surface area contributed by atoms with Gasteiger partial charge in [0, 0.05) is 5.02 Å². The van der Waals surface area contributed by atoms with E-state index in [9.17, 15) is 10.1 Å². The number of nitrogens with zero attached hydrogens (tertiary/aromatic N) is 3. The third kappa shape index (κ3) is 3.77. The van der Waals surface area contributed by atoms with Gasteiger partial charge in [0.15, 0.2) is 5.01 Å². The SMILES string of the molecule is N#C/C(=N/OC(=O)Cc1ccc(Cl)cc1)c1nc2ccccc2s1. The van der Waals surface area contributed by atoms with Gasteiger partial charge >= 0.3 is 5.97 Å². The Balaban J connectivity index is 1.72. The van der Waals surface area contributed by atoms with Crippen molar-refractivity contribution in [3.05, 3.63) is 64.1 Å². The number of carbonyl (C=O) groups excluding carboxylic acids is 1. The molecule has 0 saturated carbocycles. The highest BCUT2D eigenvalue weighted by Gasteiger charge is 2.12. The maximum atomic E-state index is 11.8. The third-order valence-electron chi connectivity index (χ3n) is 3.10. The van der Waals surface area contributed by atoms with Crippen LogP contribution >= 0.6 is 22.9 Å². The van der Waals surface area contributed by atoms with Crippen molar-refractivity contribution < 1.29 is 9.63 Å². The molecular formula is C17H10ClN3O2S. The van der Waals surface area contributed by atoms with E-state index in [0.29, 0.717) is 10.0 Å². The lowest BCUT2D eigenvalue weighted by atomic mass is 10.2. The van der Waals surface area contributed by atoms with Gasteiger partial charge in [-0.25, -0.2) is 9.78 Å². The van der Waals surface area contributed by atoms with Crippen LogP contribution in [0.1, 0.15) is 10.6 Å². The predicted molar refractivity (Wildman–Crippen MR) is 93.0 cm³/mol. The molecule has 0 unspecified atom stereocenters. The molecule has 1 aromatic heterocycles. The predicted octanol–water partition coefficient (Wildman–Crippen LogP) is 3.96. The number of fused-ring (bicyclic) bond motifs is 1. The van der Waals surface area contributed by atoms with Gasteiger partial charge in [-0.15, -0.1) is 11.3 Å². The Kier molecular flexibility index (Phi) is 4.85. The number of carbonyl (C=O) groups is 1. The zero-order valence-electron chi connectivity index (χ0n) is 12.3. The summed E-state index contributed by atoms with van der Waals surface area (Å²) in [6.07, 6.45) is 0.0409. The molecule has 0 aliphatic rings. The fourth-order valence-corrected chi connectivity index (χ4v) is 3.00. The maximum absolute atomic E-state index is 11.8. The van der Waals surface area contributed by atoms with Gasteiger partial charge in [-0.3, -0.25) is 0 Å². The minimum Gasteiger partial charge on any atom is -0.316 e. The molecule has 0 saturated heterocycles. The second-order valence-electron chi connectivity index (χ2n) is 4.80. The van der Waals surface area contributed by atoms with Crippen LogP contribution in [0.4, 0.5) is 0 Å². The van der Waals surface area contributed by atoms with Crippen molar-refractivity contribution in [3.8, 4) is 6.07 Å². The molecule has 2 aromatic carbocycles. The van der Waals surface area contributed by atoms with E-state index in [4.69, 9.17) is 16.4 Å². The molecular weight excluding hydrogens is 346 g/mol. The van der Waals surface area contributed by atoms with Crippen LogP contribution in [0.25, 0.3) is 10.2 Å². The van der Waals surface area contributed by atoms with Gasteiger partial charge in [0.1, 0.15) is 6.07 Å². The quantitative estimate of drug-likeness (QED) is 0.403. The Labute approximate surface area is 146 Å². The van der Waals surface area contributed by atoms with E-state index in [2.05, 4.69) is 10.1 Å². The number of rotatable bonds is 4. The van der Waals surface area contributed by atoms with E-state index in [0.717, 1.165) is 15.8 Å². The first kappa shape index (κ1) is 16.1. The number of hydrogen-bond acceptors (Lipinski definition) is 6. The largest absolute Gasteiger partial charge is 0.339 e. The molecule has 0 fully saturated rings. The molecule has 118 valence electrons. The van der Waals surface area contributed by atoms with Crippen LogP contribution in [0.2, 0.25) is 5.02 Å². The van der Waals surface area contributed by atoms with Gasteiger partial charge in [0.2, 0.25) is 5.71 Å². The Bertz CT molecular complexity index is 925. The number of thiazole rings is 1. The Morgan fingerprint density at radius 1 is 1.25 bits per heavy atom. The molecule has 0 amide bonds. The Morgan fingerprint density at radius 3 is 2.71 bits per heavy atom. The molecule has 0 N–H and O–H groups in total. The number of para-hydroxylation sites is 1. The van der Waals surface area contributed by atoms with Crippen molar-refractivity contribution in [3.63, 3.8) is 0 Å². The summed E-state index contributed by atoms with van der Waals surface area (Å²) in [6.45, 7) is 0. The number of nitriles is 1. The summed E-state index contributed by atoms with van der Waals surface area (Å²) in [5.74, 6) is -0.564. The van der Waals surface area contributed by atoms with Crippen LogP contribution in [0.5, 0.6) is 0 Å². The van der Waals surface area contributed by atoms with Gasteiger partial charge in [-0.05, 0) is 29.8 Å².